The summed E-state index contributed by atoms with van der Waals surface area (Å²) in [6.07, 6.45) is 2.13. The van der Waals surface area contributed by atoms with Crippen LogP contribution in [0, 0.1) is 0 Å². The molecule has 3 aromatic carbocycles. The van der Waals surface area contributed by atoms with Gasteiger partial charge in [-0.2, -0.15) is 0 Å². The van der Waals surface area contributed by atoms with Crippen LogP contribution in [-0.2, 0) is 4.79 Å². The molecule has 0 radical (unpaired) electrons. The number of anilines is 3. The van der Waals surface area contributed by atoms with Crippen LogP contribution >= 0.6 is 11.8 Å². The molecule has 0 atom stereocenters. The number of benzene rings is 3. The number of thioether (sulfide) groups is 1. The first-order chi connectivity index (χ1) is 14.7. The fraction of sp³-hybridized carbons (Fsp3) is 0.167. The van der Waals surface area contributed by atoms with E-state index in [0.717, 1.165) is 29.1 Å². The number of rotatable bonds is 8. The molecule has 0 heterocycles. The zero-order valence-electron chi connectivity index (χ0n) is 16.4. The third-order valence-electron chi connectivity index (χ3n) is 4.64. The van der Waals surface area contributed by atoms with Crippen molar-refractivity contribution in [3.8, 4) is 0 Å². The Bertz CT molecular complexity index is 1020. The Labute approximate surface area is 180 Å². The molecule has 30 heavy (non-hydrogen) atoms. The second-order valence-corrected chi connectivity index (χ2v) is 8.17. The predicted molar refractivity (Wildman–Crippen MR) is 122 cm³/mol. The molecule has 0 bridgehead atoms. The molecule has 0 unspecified atom stereocenters. The maximum atomic E-state index is 12.8. The highest BCUT2D eigenvalue weighted by atomic mass is 32.2. The minimum atomic E-state index is -0.190. The van der Waals surface area contributed by atoms with Gasteiger partial charge in [0.05, 0.1) is 11.3 Å². The summed E-state index contributed by atoms with van der Waals surface area (Å²) in [4.78, 5) is 25.6. The van der Waals surface area contributed by atoms with E-state index in [9.17, 15) is 9.59 Å². The molecule has 3 N–H and O–H groups in total. The van der Waals surface area contributed by atoms with Gasteiger partial charge < -0.3 is 16.0 Å². The normalized spacial score (nSPS) is 12.8. The van der Waals surface area contributed by atoms with Crippen molar-refractivity contribution in [1.29, 1.82) is 0 Å². The number of carbonyl (C=O) groups is 2. The van der Waals surface area contributed by atoms with E-state index in [-0.39, 0.29) is 11.8 Å². The van der Waals surface area contributed by atoms with Gasteiger partial charge in [-0.25, -0.2) is 0 Å². The Morgan fingerprint density at radius 2 is 1.43 bits per heavy atom. The average molecular weight is 418 g/mol. The summed E-state index contributed by atoms with van der Waals surface area (Å²) in [6, 6.07) is 25.2. The van der Waals surface area contributed by atoms with Crippen molar-refractivity contribution < 1.29 is 9.59 Å². The maximum Gasteiger partial charge on any atom is 0.256 e. The van der Waals surface area contributed by atoms with Crippen molar-refractivity contribution in [3.05, 3.63) is 84.4 Å². The Hall–Kier alpha value is -3.25. The molecule has 1 aliphatic carbocycles. The van der Waals surface area contributed by atoms with Crippen LogP contribution in [0.25, 0.3) is 0 Å². The van der Waals surface area contributed by atoms with Gasteiger partial charge in [-0.15, -0.1) is 11.8 Å². The minimum absolute atomic E-state index is 0.0132. The van der Waals surface area contributed by atoms with Crippen LogP contribution in [0.1, 0.15) is 23.2 Å². The molecular weight excluding hydrogens is 394 g/mol. The molecule has 2 amide bonds. The van der Waals surface area contributed by atoms with Crippen LogP contribution < -0.4 is 16.0 Å². The van der Waals surface area contributed by atoms with Crippen LogP contribution in [0.3, 0.4) is 0 Å². The number of carbonyl (C=O) groups excluding carboxylic acids is 2. The largest absolute Gasteiger partial charge is 0.356 e. The lowest BCUT2D eigenvalue weighted by atomic mass is 10.2. The van der Waals surface area contributed by atoms with Gasteiger partial charge in [0.15, 0.2) is 0 Å². The molecule has 5 nitrogen and oxygen atoms in total. The number of hydrogen-bond acceptors (Lipinski definition) is 4. The highest BCUT2D eigenvalue weighted by molar-refractivity contribution is 8.00. The predicted octanol–water partition coefficient (Wildman–Crippen LogP) is 5.05. The van der Waals surface area contributed by atoms with Crippen LogP contribution in [0.4, 0.5) is 17.1 Å². The van der Waals surface area contributed by atoms with E-state index < -0.39 is 0 Å². The molecule has 6 heteroatoms. The third-order valence-corrected chi connectivity index (χ3v) is 5.71. The van der Waals surface area contributed by atoms with Gasteiger partial charge in [-0.1, -0.05) is 30.3 Å². The summed E-state index contributed by atoms with van der Waals surface area (Å²) in [5.74, 6) is 0.129. The molecule has 1 saturated carbocycles. The van der Waals surface area contributed by atoms with Gasteiger partial charge in [-0.05, 0) is 61.4 Å². The molecule has 0 aliphatic heterocycles. The summed E-state index contributed by atoms with van der Waals surface area (Å²) in [6.45, 7) is 0. The lowest BCUT2D eigenvalue weighted by Crippen LogP contribution is -2.27. The van der Waals surface area contributed by atoms with E-state index in [1.165, 1.54) is 11.8 Å². The van der Waals surface area contributed by atoms with E-state index in [2.05, 4.69) is 16.0 Å². The summed E-state index contributed by atoms with van der Waals surface area (Å²) in [7, 11) is 0. The first-order valence-electron chi connectivity index (χ1n) is 9.92. The highest BCUT2D eigenvalue weighted by Crippen LogP contribution is 2.25. The van der Waals surface area contributed by atoms with Crippen molar-refractivity contribution in [2.24, 2.45) is 0 Å². The van der Waals surface area contributed by atoms with Gasteiger partial charge in [0, 0.05) is 28.0 Å². The summed E-state index contributed by atoms with van der Waals surface area (Å²) in [5, 5.41) is 9.22. The fourth-order valence-corrected chi connectivity index (χ4v) is 3.80. The average Bonchev–Trinajstić information content (AvgIpc) is 3.58. The van der Waals surface area contributed by atoms with Gasteiger partial charge in [0.25, 0.3) is 5.91 Å². The van der Waals surface area contributed by atoms with Crippen LogP contribution in [0.2, 0.25) is 0 Å². The summed E-state index contributed by atoms with van der Waals surface area (Å²) < 4.78 is 0. The van der Waals surface area contributed by atoms with Gasteiger partial charge in [0.2, 0.25) is 5.91 Å². The van der Waals surface area contributed by atoms with E-state index >= 15 is 0 Å². The molecular formula is C24H23N3O2S. The number of nitrogens with one attached hydrogen (secondary N) is 3. The smallest absolute Gasteiger partial charge is 0.256 e. The zero-order chi connectivity index (χ0) is 20.8. The van der Waals surface area contributed by atoms with Crippen LogP contribution in [0.15, 0.2) is 83.8 Å². The monoisotopic (exact) mass is 417 g/mol. The van der Waals surface area contributed by atoms with Gasteiger partial charge in [0.1, 0.15) is 0 Å². The lowest BCUT2D eigenvalue weighted by molar-refractivity contribution is -0.118. The molecule has 0 spiro atoms. The second kappa shape index (κ2) is 9.50. The van der Waals surface area contributed by atoms with E-state index in [1.807, 2.05) is 72.8 Å². The fourth-order valence-electron chi connectivity index (χ4n) is 2.94. The number of amides is 2. The first kappa shape index (κ1) is 20.0. The van der Waals surface area contributed by atoms with E-state index in [0.29, 0.717) is 23.0 Å². The Morgan fingerprint density at radius 3 is 2.17 bits per heavy atom. The summed E-state index contributed by atoms with van der Waals surface area (Å²) >= 11 is 1.38. The number of hydrogen-bond donors (Lipinski definition) is 3. The van der Waals surface area contributed by atoms with Gasteiger partial charge >= 0.3 is 0 Å². The number of para-hydroxylation sites is 1. The van der Waals surface area contributed by atoms with Crippen LogP contribution in [0.5, 0.6) is 0 Å². The Morgan fingerprint density at radius 1 is 0.800 bits per heavy atom. The minimum Gasteiger partial charge on any atom is -0.356 e. The van der Waals surface area contributed by atoms with Crippen molar-refractivity contribution in [2.75, 3.05) is 16.4 Å². The van der Waals surface area contributed by atoms with E-state index in [1.54, 1.807) is 6.07 Å². The van der Waals surface area contributed by atoms with Gasteiger partial charge in [-0.3, -0.25) is 9.59 Å². The molecule has 0 aromatic heterocycles. The highest BCUT2D eigenvalue weighted by Gasteiger charge is 2.23. The van der Waals surface area contributed by atoms with Crippen molar-refractivity contribution in [1.82, 2.24) is 5.32 Å². The zero-order valence-corrected chi connectivity index (χ0v) is 17.2. The van der Waals surface area contributed by atoms with Crippen molar-refractivity contribution >= 4 is 40.6 Å². The molecule has 4 rings (SSSR count). The first-order valence-corrected chi connectivity index (χ1v) is 10.9. The molecule has 3 aromatic rings. The topological polar surface area (TPSA) is 70.2 Å². The molecule has 152 valence electrons. The van der Waals surface area contributed by atoms with Crippen LogP contribution in [-0.4, -0.2) is 23.6 Å². The SMILES string of the molecule is O=C(CSc1ccccc1C(=O)Nc1ccc(Nc2ccccc2)cc1)NC1CC1. The second-order valence-electron chi connectivity index (χ2n) is 7.15. The molecule has 1 fully saturated rings. The Kier molecular flexibility index (Phi) is 6.35. The molecule has 0 saturated heterocycles. The Balaban J connectivity index is 1.36. The summed E-state index contributed by atoms with van der Waals surface area (Å²) in [5.41, 5.74) is 3.22. The lowest BCUT2D eigenvalue weighted by Gasteiger charge is -2.11. The van der Waals surface area contributed by atoms with E-state index in [4.69, 9.17) is 0 Å². The molecule has 1 aliphatic rings. The maximum absolute atomic E-state index is 12.8. The standard InChI is InChI=1S/C24H23N3O2S/c28-23(26-19-12-13-19)16-30-22-9-5-4-8-21(22)24(29)27-20-14-10-18(11-15-20)25-17-6-2-1-3-7-17/h1-11,14-15,19,25H,12-13,16H2,(H,26,28)(H,27,29). The van der Waals surface area contributed by atoms with Crippen molar-refractivity contribution in [3.63, 3.8) is 0 Å². The van der Waals surface area contributed by atoms with Crippen molar-refractivity contribution in [2.45, 2.75) is 23.8 Å². The quantitative estimate of drug-likeness (QED) is 0.449. The third kappa shape index (κ3) is 5.64.